The summed E-state index contributed by atoms with van der Waals surface area (Å²) in [6.07, 6.45) is 5.55. The van der Waals surface area contributed by atoms with Gasteiger partial charge >= 0.3 is 6.03 Å². The average molecular weight is 415 g/mol. The summed E-state index contributed by atoms with van der Waals surface area (Å²) >= 11 is 0. The Bertz CT molecular complexity index is 752. The molecule has 2 atom stereocenters. The predicted octanol–water partition coefficient (Wildman–Crippen LogP) is 2.19. The fraction of sp³-hybridized carbons (Fsp3) is 0.522. The van der Waals surface area contributed by atoms with Gasteiger partial charge in [-0.3, -0.25) is 4.90 Å². The Hall–Kier alpha value is -2.35. The molecule has 1 fully saturated rings. The summed E-state index contributed by atoms with van der Waals surface area (Å²) in [6, 6.07) is 8.28. The topological polar surface area (TPSA) is 91.1 Å². The van der Waals surface area contributed by atoms with E-state index in [1.807, 2.05) is 12.2 Å². The van der Waals surface area contributed by atoms with Gasteiger partial charge in [-0.2, -0.15) is 0 Å². The Morgan fingerprint density at radius 1 is 1.23 bits per heavy atom. The number of primary amides is 1. The Labute approximate surface area is 179 Å². The van der Waals surface area contributed by atoms with E-state index in [4.69, 9.17) is 10.5 Å². The molecule has 0 bridgehead atoms. The fourth-order valence-electron chi connectivity index (χ4n) is 3.80. The van der Waals surface area contributed by atoms with Crippen LogP contribution >= 0.6 is 0 Å². The molecular weight excluding hydrogens is 380 g/mol. The zero-order chi connectivity index (χ0) is 21.5. The largest absolute Gasteiger partial charge is 0.389 e. The SMILES string of the molecule is CC(C)c1ccc(N2CCN(C[C@H](O)COC3C=CC(NC(N)=O)=CC3)CC2)cc1. The summed E-state index contributed by atoms with van der Waals surface area (Å²) in [7, 11) is 0. The van der Waals surface area contributed by atoms with Gasteiger partial charge in [0.15, 0.2) is 0 Å². The van der Waals surface area contributed by atoms with Crippen molar-refractivity contribution in [1.29, 1.82) is 0 Å². The van der Waals surface area contributed by atoms with Crippen LogP contribution < -0.4 is 16.0 Å². The highest BCUT2D eigenvalue weighted by Crippen LogP contribution is 2.21. The van der Waals surface area contributed by atoms with Gasteiger partial charge in [0.05, 0.1) is 18.8 Å². The maximum atomic E-state index is 10.9. The molecule has 1 unspecified atom stereocenters. The van der Waals surface area contributed by atoms with Gasteiger partial charge in [-0.05, 0) is 36.1 Å². The highest BCUT2D eigenvalue weighted by Gasteiger charge is 2.20. The molecule has 7 heteroatoms. The number of aliphatic hydroxyl groups is 1. The zero-order valence-corrected chi connectivity index (χ0v) is 18.0. The molecule has 1 saturated heterocycles. The number of β-amino-alcohol motifs (C(OH)–C–C–N with tert-alkyl or cyclic N) is 1. The van der Waals surface area contributed by atoms with Crippen molar-refractivity contribution >= 4 is 11.7 Å². The minimum absolute atomic E-state index is 0.0938. The number of urea groups is 1. The number of hydrogen-bond donors (Lipinski definition) is 3. The second kappa shape index (κ2) is 10.6. The van der Waals surface area contributed by atoms with E-state index in [1.54, 1.807) is 6.08 Å². The van der Waals surface area contributed by atoms with Crippen molar-refractivity contribution in [2.45, 2.75) is 38.4 Å². The lowest BCUT2D eigenvalue weighted by atomic mass is 10.0. The lowest BCUT2D eigenvalue weighted by Gasteiger charge is -2.37. The number of allylic oxidation sites excluding steroid dienone is 1. The van der Waals surface area contributed by atoms with E-state index in [-0.39, 0.29) is 12.7 Å². The van der Waals surface area contributed by atoms with Crippen molar-refractivity contribution in [1.82, 2.24) is 10.2 Å². The van der Waals surface area contributed by atoms with Crippen molar-refractivity contribution in [2.75, 3.05) is 44.2 Å². The monoisotopic (exact) mass is 414 g/mol. The highest BCUT2D eigenvalue weighted by molar-refractivity contribution is 5.74. The van der Waals surface area contributed by atoms with Crippen molar-refractivity contribution in [3.05, 3.63) is 53.8 Å². The number of carbonyl (C=O) groups excluding carboxylic acids is 1. The molecule has 2 aliphatic rings. The van der Waals surface area contributed by atoms with Crippen molar-refractivity contribution in [3.8, 4) is 0 Å². The Morgan fingerprint density at radius 3 is 2.50 bits per heavy atom. The van der Waals surface area contributed by atoms with E-state index in [0.29, 0.717) is 24.6 Å². The van der Waals surface area contributed by atoms with Crippen LogP contribution in [0.25, 0.3) is 0 Å². The first-order valence-corrected chi connectivity index (χ1v) is 10.7. The summed E-state index contributed by atoms with van der Waals surface area (Å²) in [6.45, 7) is 9.10. The summed E-state index contributed by atoms with van der Waals surface area (Å²) in [5, 5.41) is 12.9. The van der Waals surface area contributed by atoms with Gasteiger partial charge in [0.25, 0.3) is 0 Å². The van der Waals surface area contributed by atoms with Gasteiger partial charge in [0.1, 0.15) is 0 Å². The molecule has 0 saturated carbocycles. The number of amides is 2. The van der Waals surface area contributed by atoms with Crippen LogP contribution in [0, 0.1) is 0 Å². The molecule has 2 amide bonds. The summed E-state index contributed by atoms with van der Waals surface area (Å²) < 4.78 is 5.80. The van der Waals surface area contributed by atoms with Crippen molar-refractivity contribution in [2.24, 2.45) is 5.73 Å². The number of nitrogens with zero attached hydrogens (tertiary/aromatic N) is 2. The maximum Gasteiger partial charge on any atom is 0.316 e. The van der Waals surface area contributed by atoms with Crippen LogP contribution in [-0.2, 0) is 4.74 Å². The number of benzene rings is 1. The molecule has 1 heterocycles. The van der Waals surface area contributed by atoms with Crippen LogP contribution in [0.15, 0.2) is 48.2 Å². The number of rotatable bonds is 8. The van der Waals surface area contributed by atoms with E-state index in [0.717, 1.165) is 26.2 Å². The first kappa shape index (κ1) is 22.3. The number of carbonyl (C=O) groups is 1. The highest BCUT2D eigenvalue weighted by atomic mass is 16.5. The van der Waals surface area contributed by atoms with Crippen LogP contribution in [-0.4, -0.2) is 67.6 Å². The van der Waals surface area contributed by atoms with E-state index in [9.17, 15) is 9.90 Å². The van der Waals surface area contributed by atoms with Gasteiger partial charge < -0.3 is 25.8 Å². The molecule has 1 aromatic rings. The third-order valence-electron chi connectivity index (χ3n) is 5.60. The number of aliphatic hydroxyl groups excluding tert-OH is 1. The molecular formula is C23H34N4O3. The Kier molecular flexibility index (Phi) is 7.90. The number of hydrogen-bond acceptors (Lipinski definition) is 5. The van der Waals surface area contributed by atoms with Gasteiger partial charge in [0.2, 0.25) is 0 Å². The molecule has 7 nitrogen and oxygen atoms in total. The summed E-state index contributed by atoms with van der Waals surface area (Å²) in [5.41, 5.74) is 8.42. The number of nitrogens with one attached hydrogen (secondary N) is 1. The number of nitrogens with two attached hydrogens (primary N) is 1. The van der Waals surface area contributed by atoms with E-state index in [1.165, 1.54) is 11.3 Å². The van der Waals surface area contributed by atoms with E-state index >= 15 is 0 Å². The lowest BCUT2D eigenvalue weighted by molar-refractivity contribution is -0.00520. The van der Waals surface area contributed by atoms with Crippen molar-refractivity contribution < 1.29 is 14.6 Å². The molecule has 164 valence electrons. The predicted molar refractivity (Wildman–Crippen MR) is 119 cm³/mol. The van der Waals surface area contributed by atoms with Crippen LogP contribution in [0.2, 0.25) is 0 Å². The third-order valence-corrected chi connectivity index (χ3v) is 5.60. The standard InChI is InChI=1S/C23H34N4O3/c1-17(2)18-3-7-20(8-4-18)27-13-11-26(12-14-27)15-21(28)16-30-22-9-5-19(6-10-22)25-23(24)29/h3-9,17,21-22,28H,10-16H2,1-2H3,(H3,24,25,29)/t21-,22?/m0/s1. The smallest absolute Gasteiger partial charge is 0.316 e. The summed E-state index contributed by atoms with van der Waals surface area (Å²) in [4.78, 5) is 15.5. The van der Waals surface area contributed by atoms with Gasteiger partial charge in [0, 0.05) is 44.1 Å². The molecule has 3 rings (SSSR count). The normalized spacial score (nSPS) is 20.9. The van der Waals surface area contributed by atoms with Crippen LogP contribution in [0.1, 0.15) is 31.7 Å². The second-order valence-corrected chi connectivity index (χ2v) is 8.30. The Balaban J connectivity index is 1.35. The molecule has 0 aromatic heterocycles. The van der Waals surface area contributed by atoms with E-state index < -0.39 is 12.1 Å². The van der Waals surface area contributed by atoms with Crippen LogP contribution in [0.3, 0.4) is 0 Å². The second-order valence-electron chi connectivity index (χ2n) is 8.30. The minimum Gasteiger partial charge on any atom is -0.389 e. The van der Waals surface area contributed by atoms with Gasteiger partial charge in [-0.15, -0.1) is 0 Å². The van der Waals surface area contributed by atoms with Gasteiger partial charge in [-0.25, -0.2) is 4.79 Å². The quantitative estimate of drug-likeness (QED) is 0.607. The molecule has 1 aromatic carbocycles. The molecule has 0 radical (unpaired) electrons. The van der Waals surface area contributed by atoms with Gasteiger partial charge in [-0.1, -0.05) is 38.1 Å². The fourth-order valence-corrected chi connectivity index (χ4v) is 3.80. The number of piperazine rings is 1. The first-order valence-electron chi connectivity index (χ1n) is 10.7. The van der Waals surface area contributed by atoms with E-state index in [2.05, 4.69) is 53.2 Å². The summed E-state index contributed by atoms with van der Waals surface area (Å²) in [5.74, 6) is 0.550. The lowest BCUT2D eigenvalue weighted by Crippen LogP contribution is -2.49. The van der Waals surface area contributed by atoms with Crippen LogP contribution in [0.5, 0.6) is 0 Å². The third kappa shape index (κ3) is 6.58. The van der Waals surface area contributed by atoms with Crippen LogP contribution in [0.4, 0.5) is 10.5 Å². The number of ether oxygens (including phenoxy) is 1. The minimum atomic E-state index is -0.576. The molecule has 30 heavy (non-hydrogen) atoms. The molecule has 4 N–H and O–H groups in total. The average Bonchev–Trinajstić information content (AvgIpc) is 2.73. The molecule has 1 aliphatic heterocycles. The Morgan fingerprint density at radius 2 is 1.93 bits per heavy atom. The maximum absolute atomic E-state index is 10.9. The molecule has 1 aliphatic carbocycles. The zero-order valence-electron chi connectivity index (χ0n) is 18.0. The number of anilines is 1. The first-order chi connectivity index (χ1) is 14.4. The molecule has 0 spiro atoms. The van der Waals surface area contributed by atoms with Crippen molar-refractivity contribution in [3.63, 3.8) is 0 Å².